The molecule has 0 unspecified atom stereocenters. The van der Waals surface area contributed by atoms with Gasteiger partial charge >= 0.3 is 0 Å². The van der Waals surface area contributed by atoms with Crippen LogP contribution in [0.5, 0.6) is 5.75 Å². The van der Waals surface area contributed by atoms with Crippen LogP contribution in [0, 0.1) is 0 Å². The number of anilines is 1. The molecule has 1 saturated heterocycles. The fraction of sp³-hybridized carbons (Fsp3) is 0.185. The van der Waals surface area contributed by atoms with Gasteiger partial charge in [0.1, 0.15) is 11.8 Å². The van der Waals surface area contributed by atoms with Gasteiger partial charge in [-0.2, -0.15) is 0 Å². The number of ether oxygens (including phenoxy) is 1. The highest BCUT2D eigenvalue weighted by atomic mass is 79.9. The van der Waals surface area contributed by atoms with Crippen LogP contribution in [0.15, 0.2) is 95.7 Å². The van der Waals surface area contributed by atoms with Crippen molar-refractivity contribution in [3.63, 3.8) is 0 Å². The van der Waals surface area contributed by atoms with Gasteiger partial charge in [0, 0.05) is 33.9 Å². The predicted molar refractivity (Wildman–Crippen MR) is 144 cm³/mol. The summed E-state index contributed by atoms with van der Waals surface area (Å²) in [7, 11) is 0. The lowest BCUT2D eigenvalue weighted by Gasteiger charge is -2.29. The lowest BCUT2D eigenvalue weighted by molar-refractivity contribution is 0.242. The molecule has 0 radical (unpaired) electrons. The van der Waals surface area contributed by atoms with Crippen molar-refractivity contribution < 1.29 is 4.74 Å². The summed E-state index contributed by atoms with van der Waals surface area (Å²) in [6.07, 6.45) is 4.03. The number of thiocarbonyl (C=S) groups is 1. The van der Waals surface area contributed by atoms with Gasteiger partial charge in [0.25, 0.3) is 0 Å². The average molecular weight is 533 g/mol. The Bertz CT molecular complexity index is 1290. The fourth-order valence-corrected chi connectivity index (χ4v) is 5.12. The van der Waals surface area contributed by atoms with Gasteiger partial charge in [-0.05, 0) is 92.8 Å². The van der Waals surface area contributed by atoms with E-state index in [9.17, 15) is 0 Å². The highest BCUT2D eigenvalue weighted by Crippen LogP contribution is 2.42. The maximum absolute atomic E-state index is 5.87. The third-order valence-electron chi connectivity index (χ3n) is 5.75. The minimum Gasteiger partial charge on any atom is -0.491 e. The summed E-state index contributed by atoms with van der Waals surface area (Å²) < 4.78 is 9.09. The van der Waals surface area contributed by atoms with Gasteiger partial charge in [-0.15, -0.1) is 0 Å². The molecule has 4 aromatic rings. The van der Waals surface area contributed by atoms with Crippen molar-refractivity contribution in [3.05, 3.63) is 107 Å². The van der Waals surface area contributed by atoms with Crippen LogP contribution in [0.4, 0.5) is 5.69 Å². The van der Waals surface area contributed by atoms with E-state index in [-0.39, 0.29) is 18.2 Å². The van der Waals surface area contributed by atoms with Crippen LogP contribution >= 0.6 is 28.1 Å². The van der Waals surface area contributed by atoms with Crippen LogP contribution in [-0.4, -0.2) is 20.8 Å². The molecule has 0 aliphatic carbocycles. The highest BCUT2D eigenvalue weighted by molar-refractivity contribution is 9.10. The quantitative estimate of drug-likeness (QED) is 0.283. The molecule has 1 aliphatic heterocycles. The number of pyridine rings is 1. The summed E-state index contributed by atoms with van der Waals surface area (Å²) in [6.45, 7) is 4.05. The van der Waals surface area contributed by atoms with Gasteiger partial charge in [0.15, 0.2) is 5.11 Å². The monoisotopic (exact) mass is 532 g/mol. The molecule has 1 N–H and O–H groups in total. The number of rotatable bonds is 6. The van der Waals surface area contributed by atoms with Gasteiger partial charge in [0.05, 0.1) is 17.8 Å². The largest absolute Gasteiger partial charge is 0.491 e. The summed E-state index contributed by atoms with van der Waals surface area (Å²) in [5.41, 5.74) is 4.13. The minimum atomic E-state index is -0.110. The fourth-order valence-electron chi connectivity index (χ4n) is 4.39. The van der Waals surface area contributed by atoms with Crippen molar-refractivity contribution in [1.29, 1.82) is 0 Å². The first-order valence-corrected chi connectivity index (χ1v) is 12.4. The van der Waals surface area contributed by atoms with E-state index in [4.69, 9.17) is 17.0 Å². The first-order chi connectivity index (χ1) is 16.5. The van der Waals surface area contributed by atoms with Crippen molar-refractivity contribution in [2.45, 2.75) is 32.0 Å². The Labute approximate surface area is 213 Å². The second kappa shape index (κ2) is 9.60. The number of halogens is 1. The molecule has 34 heavy (non-hydrogen) atoms. The van der Waals surface area contributed by atoms with Gasteiger partial charge in [0.2, 0.25) is 0 Å². The van der Waals surface area contributed by atoms with E-state index in [0.717, 1.165) is 33.0 Å². The third-order valence-corrected chi connectivity index (χ3v) is 6.56. The van der Waals surface area contributed by atoms with Crippen LogP contribution in [-0.2, 0) is 0 Å². The summed E-state index contributed by atoms with van der Waals surface area (Å²) >= 11 is 9.48. The van der Waals surface area contributed by atoms with Crippen molar-refractivity contribution >= 4 is 38.9 Å². The van der Waals surface area contributed by atoms with E-state index in [1.54, 1.807) is 0 Å². The molecule has 2 atom stereocenters. The van der Waals surface area contributed by atoms with Crippen LogP contribution in [0.1, 0.15) is 37.3 Å². The van der Waals surface area contributed by atoms with Crippen LogP contribution in [0.2, 0.25) is 0 Å². The molecule has 0 saturated carbocycles. The minimum absolute atomic E-state index is 0.103. The second-order valence-electron chi connectivity index (χ2n) is 8.44. The van der Waals surface area contributed by atoms with E-state index in [0.29, 0.717) is 5.11 Å². The standard InChI is InChI=1S/C27H25BrN4OS/c1-18(2)33-22-13-11-20(12-14-22)32-26(25(30-27(32)34)23-9-3-4-15-29-23)24-10-6-16-31(24)21-8-5-7-19(28)17-21/h3-18,25-26H,1-2H3,(H,30,34)/t25-,26-/m1/s1. The average Bonchev–Trinajstić information content (AvgIpc) is 3.44. The van der Waals surface area contributed by atoms with Crippen LogP contribution in [0.25, 0.3) is 5.69 Å². The Kier molecular flexibility index (Phi) is 6.39. The molecular weight excluding hydrogens is 508 g/mol. The number of hydrogen-bond acceptors (Lipinski definition) is 3. The Balaban J connectivity index is 1.61. The van der Waals surface area contributed by atoms with Crippen LogP contribution in [0.3, 0.4) is 0 Å². The summed E-state index contributed by atoms with van der Waals surface area (Å²) in [5.74, 6) is 0.840. The molecule has 1 aliphatic rings. The Morgan fingerprint density at radius 2 is 1.79 bits per heavy atom. The lowest BCUT2D eigenvalue weighted by Crippen LogP contribution is -2.30. The smallest absolute Gasteiger partial charge is 0.174 e. The van der Waals surface area contributed by atoms with Gasteiger partial charge < -0.3 is 19.5 Å². The van der Waals surface area contributed by atoms with Gasteiger partial charge in [-0.25, -0.2) is 0 Å². The molecule has 0 amide bonds. The molecule has 2 aromatic carbocycles. The molecule has 5 nitrogen and oxygen atoms in total. The number of hydrogen-bond donors (Lipinski definition) is 1. The first-order valence-electron chi connectivity index (χ1n) is 11.2. The molecule has 0 bridgehead atoms. The normalized spacial score (nSPS) is 17.8. The van der Waals surface area contributed by atoms with Gasteiger partial charge in [-0.1, -0.05) is 28.1 Å². The molecule has 1 fully saturated rings. The van der Waals surface area contributed by atoms with Crippen molar-refractivity contribution in [2.24, 2.45) is 0 Å². The molecule has 2 aromatic heterocycles. The van der Waals surface area contributed by atoms with E-state index >= 15 is 0 Å². The predicted octanol–water partition coefficient (Wildman–Crippen LogP) is 6.60. The number of nitrogens with zero attached hydrogens (tertiary/aromatic N) is 3. The molecule has 5 rings (SSSR count). The maximum atomic E-state index is 5.87. The van der Waals surface area contributed by atoms with Crippen molar-refractivity contribution in [1.82, 2.24) is 14.9 Å². The SMILES string of the molecule is CC(C)Oc1ccc(N2C(=S)N[C@H](c3ccccn3)[C@H]2c2cccn2-c2cccc(Br)c2)cc1. The summed E-state index contributed by atoms with van der Waals surface area (Å²) in [4.78, 5) is 6.84. The molecule has 3 heterocycles. The van der Waals surface area contributed by atoms with E-state index in [1.165, 1.54) is 0 Å². The molecule has 7 heteroatoms. The van der Waals surface area contributed by atoms with Crippen molar-refractivity contribution in [3.8, 4) is 11.4 Å². The second-order valence-corrected chi connectivity index (χ2v) is 9.74. The number of benzene rings is 2. The zero-order chi connectivity index (χ0) is 23.7. The Hall–Kier alpha value is -3.16. The summed E-state index contributed by atoms with van der Waals surface area (Å²) in [6, 6.07) is 26.4. The number of aromatic nitrogens is 2. The Morgan fingerprint density at radius 3 is 2.50 bits per heavy atom. The Morgan fingerprint density at radius 1 is 0.971 bits per heavy atom. The van der Waals surface area contributed by atoms with E-state index in [1.807, 2.05) is 62.5 Å². The van der Waals surface area contributed by atoms with Crippen molar-refractivity contribution in [2.75, 3.05) is 4.90 Å². The topological polar surface area (TPSA) is 42.3 Å². The lowest BCUT2D eigenvalue weighted by atomic mass is 10.0. The zero-order valence-corrected chi connectivity index (χ0v) is 21.3. The molecular formula is C27H25BrN4OS. The first kappa shape index (κ1) is 22.6. The highest BCUT2D eigenvalue weighted by Gasteiger charge is 2.42. The van der Waals surface area contributed by atoms with Crippen LogP contribution < -0.4 is 15.0 Å². The number of nitrogens with one attached hydrogen (secondary N) is 1. The van der Waals surface area contributed by atoms with Gasteiger partial charge in [-0.3, -0.25) is 4.98 Å². The zero-order valence-electron chi connectivity index (χ0n) is 18.9. The summed E-state index contributed by atoms with van der Waals surface area (Å²) in [5, 5.41) is 4.20. The maximum Gasteiger partial charge on any atom is 0.174 e. The van der Waals surface area contributed by atoms with E-state index in [2.05, 4.69) is 78.3 Å². The third kappa shape index (κ3) is 4.45. The molecule has 0 spiro atoms. The molecule has 172 valence electrons. The van der Waals surface area contributed by atoms with E-state index < -0.39 is 0 Å².